The van der Waals surface area contributed by atoms with Crippen LogP contribution in [0, 0.1) is 5.41 Å². The summed E-state index contributed by atoms with van der Waals surface area (Å²) in [5.41, 5.74) is 1.05. The maximum absolute atomic E-state index is 12.2. The number of aromatic nitrogens is 1. The zero-order valence-electron chi connectivity index (χ0n) is 12.2. The van der Waals surface area contributed by atoms with E-state index in [0.717, 1.165) is 18.5 Å². The molecule has 0 spiro atoms. The molecule has 0 unspecified atom stereocenters. The molecule has 1 aromatic heterocycles. The average molecular weight is 297 g/mol. The molecule has 0 aromatic carbocycles. The van der Waals surface area contributed by atoms with Crippen LogP contribution >= 0.6 is 11.6 Å². The third kappa shape index (κ3) is 3.49. The van der Waals surface area contributed by atoms with Gasteiger partial charge in [0.25, 0.3) is 5.91 Å². The number of nitrogens with zero attached hydrogens (tertiary/aromatic N) is 1. The lowest BCUT2D eigenvalue weighted by Crippen LogP contribution is -2.32. The first-order valence-electron chi connectivity index (χ1n) is 6.83. The van der Waals surface area contributed by atoms with Crippen LogP contribution in [0.5, 0.6) is 0 Å². The van der Waals surface area contributed by atoms with Crippen molar-refractivity contribution in [3.63, 3.8) is 0 Å². The van der Waals surface area contributed by atoms with Crippen LogP contribution in [0.3, 0.4) is 0 Å². The molecular weight excluding hydrogens is 276 g/mol. The molecule has 2 rings (SSSR count). The van der Waals surface area contributed by atoms with Crippen LogP contribution in [-0.2, 0) is 5.41 Å². The fourth-order valence-corrected chi connectivity index (χ4v) is 2.16. The second kappa shape index (κ2) is 5.34. The smallest absolute Gasteiger partial charge is 0.251 e. The standard InChI is InChI=1S/C15H21ClN2O2/c1-14(2,3)11-6-10(7-12(16)18-11)13(20)17-8-15(9-19)4-5-15/h6-7,19H,4-5,8-9H2,1-3H3,(H,17,20). The molecule has 0 aliphatic heterocycles. The van der Waals surface area contributed by atoms with Gasteiger partial charge < -0.3 is 10.4 Å². The number of hydrogen-bond acceptors (Lipinski definition) is 3. The number of halogens is 1. The summed E-state index contributed by atoms with van der Waals surface area (Å²) in [6, 6.07) is 3.35. The summed E-state index contributed by atoms with van der Waals surface area (Å²) in [4.78, 5) is 16.5. The number of carbonyl (C=O) groups is 1. The number of pyridine rings is 1. The second-order valence-corrected chi connectivity index (χ2v) is 7.04. The number of rotatable bonds is 4. The number of nitrogens with one attached hydrogen (secondary N) is 1. The molecule has 0 radical (unpaired) electrons. The maximum atomic E-state index is 12.2. The largest absolute Gasteiger partial charge is 0.396 e. The summed E-state index contributed by atoms with van der Waals surface area (Å²) in [6.07, 6.45) is 1.93. The zero-order valence-corrected chi connectivity index (χ0v) is 12.9. The lowest BCUT2D eigenvalue weighted by molar-refractivity contribution is 0.0935. The molecule has 1 heterocycles. The van der Waals surface area contributed by atoms with Gasteiger partial charge in [-0.25, -0.2) is 4.98 Å². The first-order chi connectivity index (χ1) is 9.26. The van der Waals surface area contributed by atoms with Crippen LogP contribution in [0.25, 0.3) is 0 Å². The molecular formula is C15H21ClN2O2. The van der Waals surface area contributed by atoms with E-state index in [1.807, 2.05) is 20.8 Å². The molecule has 0 saturated heterocycles. The van der Waals surface area contributed by atoms with Crippen molar-refractivity contribution in [3.05, 3.63) is 28.5 Å². The third-order valence-corrected chi connectivity index (χ3v) is 3.93. The molecule has 1 amide bonds. The SMILES string of the molecule is CC(C)(C)c1cc(C(=O)NCC2(CO)CC2)cc(Cl)n1. The van der Waals surface area contributed by atoms with Gasteiger partial charge in [0.05, 0.1) is 6.61 Å². The van der Waals surface area contributed by atoms with E-state index in [1.54, 1.807) is 12.1 Å². The Kier molecular flexibility index (Phi) is 4.07. The Hall–Kier alpha value is -1.13. The van der Waals surface area contributed by atoms with E-state index in [4.69, 9.17) is 11.6 Å². The third-order valence-electron chi connectivity index (χ3n) is 3.74. The molecule has 1 aliphatic carbocycles. The number of carbonyl (C=O) groups excluding carboxylic acids is 1. The monoisotopic (exact) mass is 296 g/mol. The van der Waals surface area contributed by atoms with Gasteiger partial charge in [0.1, 0.15) is 5.15 Å². The highest BCUT2D eigenvalue weighted by molar-refractivity contribution is 6.29. The van der Waals surface area contributed by atoms with E-state index < -0.39 is 0 Å². The molecule has 1 aliphatic rings. The highest BCUT2D eigenvalue weighted by Gasteiger charge is 2.42. The van der Waals surface area contributed by atoms with Crippen LogP contribution in [-0.4, -0.2) is 29.1 Å². The fourth-order valence-electron chi connectivity index (χ4n) is 1.95. The Morgan fingerprint density at radius 2 is 2.10 bits per heavy atom. The minimum Gasteiger partial charge on any atom is -0.396 e. The Labute approximate surface area is 124 Å². The molecule has 0 bridgehead atoms. The summed E-state index contributed by atoms with van der Waals surface area (Å²) in [7, 11) is 0. The molecule has 5 heteroatoms. The van der Waals surface area contributed by atoms with E-state index in [1.165, 1.54) is 0 Å². The van der Waals surface area contributed by atoms with Gasteiger partial charge in [-0.15, -0.1) is 0 Å². The Bertz CT molecular complexity index is 519. The minimum absolute atomic E-state index is 0.0979. The molecule has 20 heavy (non-hydrogen) atoms. The molecule has 1 fully saturated rings. The van der Waals surface area contributed by atoms with E-state index in [-0.39, 0.29) is 23.3 Å². The van der Waals surface area contributed by atoms with Crippen molar-refractivity contribution in [2.75, 3.05) is 13.2 Å². The molecule has 1 aromatic rings. The molecule has 2 N–H and O–H groups in total. The number of aliphatic hydroxyl groups is 1. The van der Waals surface area contributed by atoms with Gasteiger partial charge in [-0.2, -0.15) is 0 Å². The van der Waals surface area contributed by atoms with Crippen molar-refractivity contribution in [1.29, 1.82) is 0 Å². The van der Waals surface area contributed by atoms with Crippen LogP contribution < -0.4 is 5.32 Å². The Morgan fingerprint density at radius 1 is 1.45 bits per heavy atom. The lowest BCUT2D eigenvalue weighted by atomic mass is 9.91. The molecule has 1 saturated carbocycles. The van der Waals surface area contributed by atoms with E-state index in [2.05, 4.69) is 10.3 Å². The van der Waals surface area contributed by atoms with Crippen molar-refractivity contribution < 1.29 is 9.90 Å². The van der Waals surface area contributed by atoms with Gasteiger partial charge in [-0.1, -0.05) is 32.4 Å². The quantitative estimate of drug-likeness (QED) is 0.839. The molecule has 110 valence electrons. The number of aliphatic hydroxyl groups excluding tert-OH is 1. The predicted octanol–water partition coefficient (Wildman–Crippen LogP) is 2.53. The van der Waals surface area contributed by atoms with Crippen LogP contribution in [0.15, 0.2) is 12.1 Å². The van der Waals surface area contributed by atoms with E-state index >= 15 is 0 Å². The summed E-state index contributed by atoms with van der Waals surface area (Å²) < 4.78 is 0. The topological polar surface area (TPSA) is 62.2 Å². The zero-order chi connectivity index (χ0) is 15.0. The highest BCUT2D eigenvalue weighted by atomic mass is 35.5. The van der Waals surface area contributed by atoms with Gasteiger partial charge >= 0.3 is 0 Å². The second-order valence-electron chi connectivity index (χ2n) is 6.65. The summed E-state index contributed by atoms with van der Waals surface area (Å²) >= 11 is 6.00. The first-order valence-corrected chi connectivity index (χ1v) is 7.21. The van der Waals surface area contributed by atoms with Gasteiger partial charge in [0.15, 0.2) is 0 Å². The van der Waals surface area contributed by atoms with Gasteiger partial charge in [-0.3, -0.25) is 4.79 Å². The highest BCUT2D eigenvalue weighted by Crippen LogP contribution is 2.44. The Morgan fingerprint density at radius 3 is 2.60 bits per heavy atom. The van der Waals surface area contributed by atoms with Crippen molar-refractivity contribution in [2.45, 2.75) is 39.0 Å². The fraction of sp³-hybridized carbons (Fsp3) is 0.600. The Balaban J connectivity index is 2.11. The number of hydrogen-bond donors (Lipinski definition) is 2. The normalized spacial score (nSPS) is 16.9. The molecule has 4 nitrogen and oxygen atoms in total. The maximum Gasteiger partial charge on any atom is 0.251 e. The average Bonchev–Trinajstić information content (AvgIpc) is 3.15. The summed E-state index contributed by atoms with van der Waals surface area (Å²) in [5, 5.41) is 12.5. The van der Waals surface area contributed by atoms with Crippen LogP contribution in [0.1, 0.15) is 49.7 Å². The van der Waals surface area contributed by atoms with E-state index in [9.17, 15) is 9.90 Å². The first kappa shape index (κ1) is 15.3. The van der Waals surface area contributed by atoms with Crippen LogP contribution in [0.4, 0.5) is 0 Å². The number of amides is 1. The van der Waals surface area contributed by atoms with E-state index in [0.29, 0.717) is 17.3 Å². The summed E-state index contributed by atoms with van der Waals surface area (Å²) in [5.74, 6) is -0.167. The van der Waals surface area contributed by atoms with Gasteiger partial charge in [0.2, 0.25) is 0 Å². The minimum atomic E-state index is -0.167. The van der Waals surface area contributed by atoms with Crippen LogP contribution in [0.2, 0.25) is 5.15 Å². The van der Waals surface area contributed by atoms with Crippen molar-refractivity contribution in [1.82, 2.24) is 10.3 Å². The van der Waals surface area contributed by atoms with Crippen molar-refractivity contribution in [2.24, 2.45) is 5.41 Å². The van der Waals surface area contributed by atoms with Gasteiger partial charge in [-0.05, 0) is 25.0 Å². The molecule has 0 atom stereocenters. The van der Waals surface area contributed by atoms with Crippen molar-refractivity contribution >= 4 is 17.5 Å². The van der Waals surface area contributed by atoms with Gasteiger partial charge in [0, 0.05) is 28.6 Å². The van der Waals surface area contributed by atoms with Crippen molar-refractivity contribution in [3.8, 4) is 0 Å². The summed E-state index contributed by atoms with van der Waals surface area (Å²) in [6.45, 7) is 6.71. The predicted molar refractivity (Wildman–Crippen MR) is 79.0 cm³/mol. The lowest BCUT2D eigenvalue weighted by Gasteiger charge is -2.19.